The maximum Gasteiger partial charge on any atom is 0.307 e. The quantitative estimate of drug-likeness (QED) is 0.814. The molecule has 0 radical (unpaired) electrons. The van der Waals surface area contributed by atoms with Crippen molar-refractivity contribution >= 4 is 17.6 Å². The normalized spacial score (nSPS) is 24.6. The van der Waals surface area contributed by atoms with Crippen LogP contribution in [0.3, 0.4) is 0 Å². The first-order valence-electron chi connectivity index (χ1n) is 9.75. The van der Waals surface area contributed by atoms with Crippen LogP contribution in [-0.2, 0) is 19.7 Å². The van der Waals surface area contributed by atoms with Crippen LogP contribution in [0, 0.1) is 5.92 Å². The number of rotatable bonds is 4. The third-order valence-electron chi connectivity index (χ3n) is 5.84. The molecule has 1 heterocycles. The molecule has 1 saturated carbocycles. The molecule has 1 fully saturated rings. The van der Waals surface area contributed by atoms with Gasteiger partial charge in [-0.3, -0.25) is 9.59 Å². The summed E-state index contributed by atoms with van der Waals surface area (Å²) in [6, 6.07) is 7.85. The van der Waals surface area contributed by atoms with Gasteiger partial charge >= 0.3 is 5.97 Å². The number of carbonyl (C=O) groups excluding carboxylic acids is 2. The Morgan fingerprint density at radius 2 is 1.76 bits per heavy atom. The summed E-state index contributed by atoms with van der Waals surface area (Å²) in [5.41, 5.74) is 1.07. The van der Waals surface area contributed by atoms with Crippen molar-refractivity contribution in [1.29, 1.82) is 0 Å². The smallest absolute Gasteiger partial charge is 0.307 e. The topological polar surface area (TPSA) is 55.4 Å². The Bertz CT molecular complexity index is 617. The molecule has 1 aliphatic carbocycles. The molecule has 1 aromatic rings. The van der Waals surface area contributed by atoms with Crippen LogP contribution in [0.2, 0.25) is 0 Å². The Morgan fingerprint density at radius 1 is 1.12 bits per heavy atom. The van der Waals surface area contributed by atoms with E-state index in [0.29, 0.717) is 6.61 Å². The zero-order chi connectivity index (χ0) is 17.7. The second-order valence-electron chi connectivity index (χ2n) is 7.35. The van der Waals surface area contributed by atoms with Crippen LogP contribution in [0.4, 0.5) is 5.69 Å². The monoisotopic (exact) mass is 343 g/mol. The maximum atomic E-state index is 13.2. The standard InChI is InChI=1S/C21H29NO3/c1-2-25-19(23)15-21(16-11-7-5-3-4-6-8-12-16)17-13-9-10-14-18(17)22-20(21)24/h9-10,13-14,16H,2-8,11-12,15H2,1H3,(H,22,24). The van der Waals surface area contributed by atoms with Crippen molar-refractivity contribution < 1.29 is 14.3 Å². The fraction of sp³-hybridized carbons (Fsp3) is 0.619. The average molecular weight is 343 g/mol. The van der Waals surface area contributed by atoms with E-state index in [0.717, 1.165) is 36.9 Å². The minimum Gasteiger partial charge on any atom is -0.466 e. The molecule has 1 N–H and O–H groups in total. The van der Waals surface area contributed by atoms with Crippen LogP contribution in [0.5, 0.6) is 0 Å². The fourth-order valence-electron chi connectivity index (χ4n) is 4.63. The summed E-state index contributed by atoms with van der Waals surface area (Å²) in [5.74, 6) is -0.0983. The molecule has 0 spiro atoms. The van der Waals surface area contributed by atoms with E-state index >= 15 is 0 Å². The molecule has 0 aromatic heterocycles. The second kappa shape index (κ2) is 8.03. The third-order valence-corrected chi connectivity index (χ3v) is 5.84. The highest BCUT2D eigenvalue weighted by molar-refractivity contribution is 6.08. The number of carbonyl (C=O) groups is 2. The highest BCUT2D eigenvalue weighted by atomic mass is 16.5. The van der Waals surface area contributed by atoms with E-state index in [-0.39, 0.29) is 24.2 Å². The molecule has 4 heteroatoms. The molecule has 1 aliphatic heterocycles. The Hall–Kier alpha value is -1.84. The van der Waals surface area contributed by atoms with E-state index in [1.54, 1.807) is 0 Å². The second-order valence-corrected chi connectivity index (χ2v) is 7.35. The van der Waals surface area contributed by atoms with Gasteiger partial charge in [-0.1, -0.05) is 56.7 Å². The summed E-state index contributed by atoms with van der Waals surface area (Å²) in [6.07, 6.45) is 9.40. The van der Waals surface area contributed by atoms with Gasteiger partial charge in [0.2, 0.25) is 5.91 Å². The number of hydrogen-bond acceptors (Lipinski definition) is 3. The first kappa shape index (κ1) is 18.0. The number of para-hydroxylation sites is 1. The summed E-state index contributed by atoms with van der Waals surface area (Å²) in [4.78, 5) is 25.6. The SMILES string of the molecule is CCOC(=O)CC1(C2CCCCCCCC2)C(=O)Nc2ccccc21. The van der Waals surface area contributed by atoms with Crippen LogP contribution in [0.15, 0.2) is 24.3 Å². The van der Waals surface area contributed by atoms with Crippen molar-refractivity contribution in [3.8, 4) is 0 Å². The average Bonchev–Trinajstić information content (AvgIpc) is 2.95. The molecule has 25 heavy (non-hydrogen) atoms. The van der Waals surface area contributed by atoms with Crippen molar-refractivity contribution in [2.24, 2.45) is 5.92 Å². The highest BCUT2D eigenvalue weighted by Gasteiger charge is 2.53. The Balaban J connectivity index is 1.99. The number of fused-ring (bicyclic) bond motifs is 1. The van der Waals surface area contributed by atoms with Crippen LogP contribution < -0.4 is 5.32 Å². The van der Waals surface area contributed by atoms with Gasteiger partial charge < -0.3 is 10.1 Å². The van der Waals surface area contributed by atoms with Gasteiger partial charge in [-0.05, 0) is 37.3 Å². The summed E-state index contributed by atoms with van der Waals surface area (Å²) in [6.45, 7) is 2.16. The van der Waals surface area contributed by atoms with Gasteiger partial charge in [-0.15, -0.1) is 0 Å². The molecular weight excluding hydrogens is 314 g/mol. The maximum absolute atomic E-state index is 13.2. The van der Waals surface area contributed by atoms with Gasteiger partial charge in [-0.25, -0.2) is 0 Å². The number of amides is 1. The Labute approximate surface area is 150 Å². The summed E-state index contributed by atoms with van der Waals surface area (Å²) in [5, 5.41) is 3.04. The van der Waals surface area contributed by atoms with Gasteiger partial charge in [0.05, 0.1) is 18.4 Å². The Morgan fingerprint density at radius 3 is 2.44 bits per heavy atom. The van der Waals surface area contributed by atoms with Gasteiger partial charge in [0.1, 0.15) is 0 Å². The number of ether oxygens (including phenoxy) is 1. The van der Waals surface area contributed by atoms with E-state index < -0.39 is 5.41 Å². The molecule has 1 atom stereocenters. The van der Waals surface area contributed by atoms with E-state index in [1.807, 2.05) is 31.2 Å². The van der Waals surface area contributed by atoms with Crippen molar-refractivity contribution in [3.05, 3.63) is 29.8 Å². The largest absolute Gasteiger partial charge is 0.466 e. The fourth-order valence-corrected chi connectivity index (χ4v) is 4.63. The van der Waals surface area contributed by atoms with E-state index in [4.69, 9.17) is 4.74 Å². The Kier molecular flexibility index (Phi) is 5.77. The van der Waals surface area contributed by atoms with E-state index in [2.05, 4.69) is 5.32 Å². The lowest BCUT2D eigenvalue weighted by Gasteiger charge is -2.35. The van der Waals surface area contributed by atoms with Crippen molar-refractivity contribution in [2.75, 3.05) is 11.9 Å². The number of anilines is 1. The highest BCUT2D eigenvalue weighted by Crippen LogP contribution is 2.49. The first-order chi connectivity index (χ1) is 12.2. The number of esters is 1. The third kappa shape index (κ3) is 3.58. The molecule has 1 aromatic carbocycles. The van der Waals surface area contributed by atoms with Crippen LogP contribution in [0.1, 0.15) is 70.3 Å². The zero-order valence-electron chi connectivity index (χ0n) is 15.2. The number of nitrogens with one attached hydrogen (secondary N) is 1. The lowest BCUT2D eigenvalue weighted by molar-refractivity contribution is -0.147. The number of benzene rings is 1. The van der Waals surface area contributed by atoms with Crippen LogP contribution in [-0.4, -0.2) is 18.5 Å². The summed E-state index contributed by atoms with van der Waals surface area (Å²) in [7, 11) is 0. The first-order valence-corrected chi connectivity index (χ1v) is 9.75. The summed E-state index contributed by atoms with van der Waals surface area (Å²) < 4.78 is 5.24. The van der Waals surface area contributed by atoms with Gasteiger partial charge in [0, 0.05) is 5.69 Å². The molecule has 2 aliphatic rings. The number of hydrogen-bond donors (Lipinski definition) is 1. The lowest BCUT2D eigenvalue weighted by Crippen LogP contribution is -2.44. The van der Waals surface area contributed by atoms with Crippen LogP contribution >= 0.6 is 0 Å². The molecule has 3 rings (SSSR count). The predicted molar refractivity (Wildman–Crippen MR) is 98.4 cm³/mol. The minimum atomic E-state index is -0.771. The zero-order valence-corrected chi connectivity index (χ0v) is 15.2. The molecule has 136 valence electrons. The molecule has 0 bridgehead atoms. The lowest BCUT2D eigenvalue weighted by atomic mass is 9.65. The molecule has 1 unspecified atom stereocenters. The van der Waals surface area contributed by atoms with Crippen LogP contribution in [0.25, 0.3) is 0 Å². The van der Waals surface area contributed by atoms with E-state index in [9.17, 15) is 9.59 Å². The van der Waals surface area contributed by atoms with Gasteiger partial charge in [0.25, 0.3) is 0 Å². The molecular formula is C21H29NO3. The van der Waals surface area contributed by atoms with Crippen molar-refractivity contribution in [2.45, 2.75) is 70.1 Å². The molecule has 4 nitrogen and oxygen atoms in total. The molecule has 1 amide bonds. The van der Waals surface area contributed by atoms with Gasteiger partial charge in [-0.2, -0.15) is 0 Å². The van der Waals surface area contributed by atoms with E-state index in [1.165, 1.54) is 25.7 Å². The minimum absolute atomic E-state index is 0.0222. The predicted octanol–water partition coefficient (Wildman–Crippen LogP) is 4.58. The van der Waals surface area contributed by atoms with Crippen molar-refractivity contribution in [3.63, 3.8) is 0 Å². The molecule has 0 saturated heterocycles. The van der Waals surface area contributed by atoms with Gasteiger partial charge in [0.15, 0.2) is 0 Å². The summed E-state index contributed by atoms with van der Waals surface area (Å²) >= 11 is 0. The van der Waals surface area contributed by atoms with Crippen molar-refractivity contribution in [1.82, 2.24) is 0 Å².